The van der Waals surface area contributed by atoms with Crippen molar-refractivity contribution < 1.29 is 17.9 Å². The molecule has 146 valence electrons. The van der Waals surface area contributed by atoms with Gasteiger partial charge >= 0.3 is 12.2 Å². The van der Waals surface area contributed by atoms with Gasteiger partial charge < -0.3 is 9.64 Å². The van der Waals surface area contributed by atoms with Crippen molar-refractivity contribution in [3.63, 3.8) is 0 Å². The van der Waals surface area contributed by atoms with Crippen molar-refractivity contribution >= 4 is 11.5 Å². The molecular weight excluding hydrogens is 355 g/mol. The molecule has 27 heavy (non-hydrogen) atoms. The van der Waals surface area contributed by atoms with Crippen LogP contribution in [0.1, 0.15) is 56.6 Å². The Kier molecular flexibility index (Phi) is 5.58. The van der Waals surface area contributed by atoms with Crippen molar-refractivity contribution in [1.82, 2.24) is 9.97 Å². The Labute approximate surface area is 157 Å². The maximum absolute atomic E-state index is 13.5. The Bertz CT molecular complexity index is 769. The lowest BCUT2D eigenvalue weighted by atomic mass is 10.0. The third kappa shape index (κ3) is 4.51. The van der Waals surface area contributed by atoms with Crippen LogP contribution < -0.4 is 9.64 Å². The molecule has 3 rings (SSSR count). The third-order valence-electron chi connectivity index (χ3n) is 4.89. The number of benzene rings is 1. The van der Waals surface area contributed by atoms with Crippen LogP contribution in [0.3, 0.4) is 0 Å². The van der Waals surface area contributed by atoms with Gasteiger partial charge in [0, 0.05) is 18.9 Å². The summed E-state index contributed by atoms with van der Waals surface area (Å²) < 4.78 is 46.2. The summed E-state index contributed by atoms with van der Waals surface area (Å²) in [6.45, 7) is 4.13. The number of aromatic nitrogens is 2. The van der Waals surface area contributed by atoms with Crippen molar-refractivity contribution in [3.05, 3.63) is 41.6 Å². The molecule has 7 heteroatoms. The van der Waals surface area contributed by atoms with E-state index < -0.39 is 11.7 Å². The van der Waals surface area contributed by atoms with Crippen LogP contribution in [0.25, 0.3) is 0 Å². The second kappa shape index (κ2) is 7.74. The van der Waals surface area contributed by atoms with Gasteiger partial charge in [-0.3, -0.25) is 0 Å². The van der Waals surface area contributed by atoms with E-state index in [9.17, 15) is 13.2 Å². The minimum atomic E-state index is -4.55. The van der Waals surface area contributed by atoms with Crippen LogP contribution in [-0.2, 0) is 6.18 Å². The Hall–Kier alpha value is -2.31. The number of anilines is 2. The van der Waals surface area contributed by atoms with E-state index in [4.69, 9.17) is 4.74 Å². The lowest BCUT2D eigenvalue weighted by Crippen LogP contribution is -2.20. The fourth-order valence-electron chi connectivity index (χ4n) is 3.23. The Morgan fingerprint density at radius 3 is 2.30 bits per heavy atom. The summed E-state index contributed by atoms with van der Waals surface area (Å²) in [5, 5.41) is 0. The number of nitrogens with zero attached hydrogens (tertiary/aromatic N) is 3. The van der Waals surface area contributed by atoms with Gasteiger partial charge in [0.2, 0.25) is 0 Å². The van der Waals surface area contributed by atoms with Crippen LogP contribution in [-0.4, -0.2) is 23.1 Å². The standard InChI is InChI=1S/C20H24F3N3O/c1-13(2)14-8-10-15(11-9-14)26(3)18-17(20(21,22)23)12-24-19(25-18)27-16-6-4-5-7-16/h8-13,16H,4-7H2,1-3H3. The first kappa shape index (κ1) is 19.5. The molecule has 0 N–H and O–H groups in total. The predicted molar refractivity (Wildman–Crippen MR) is 98.5 cm³/mol. The van der Waals surface area contributed by atoms with Crippen LogP contribution in [0.15, 0.2) is 30.5 Å². The zero-order valence-electron chi connectivity index (χ0n) is 15.8. The normalized spacial score (nSPS) is 15.4. The molecule has 0 atom stereocenters. The number of alkyl halides is 3. The minimum absolute atomic E-state index is 0.00412. The Morgan fingerprint density at radius 2 is 1.74 bits per heavy atom. The Morgan fingerprint density at radius 1 is 1.11 bits per heavy atom. The number of rotatable bonds is 5. The molecule has 1 saturated carbocycles. The fourth-order valence-corrected chi connectivity index (χ4v) is 3.23. The van der Waals surface area contributed by atoms with Gasteiger partial charge in [-0.05, 0) is 49.3 Å². The molecule has 1 aliphatic rings. The van der Waals surface area contributed by atoms with Crippen LogP contribution in [0, 0.1) is 0 Å². The molecule has 1 aliphatic carbocycles. The van der Waals surface area contributed by atoms with Gasteiger partial charge in [-0.2, -0.15) is 18.2 Å². The van der Waals surface area contributed by atoms with E-state index in [1.807, 2.05) is 12.1 Å². The van der Waals surface area contributed by atoms with Crippen molar-refractivity contribution in [3.8, 4) is 6.01 Å². The molecule has 1 aromatic heterocycles. The molecule has 0 spiro atoms. The molecule has 0 bridgehead atoms. The molecule has 0 amide bonds. The number of hydrogen-bond acceptors (Lipinski definition) is 4. The highest BCUT2D eigenvalue weighted by atomic mass is 19.4. The van der Waals surface area contributed by atoms with Gasteiger partial charge in [0.15, 0.2) is 5.82 Å². The minimum Gasteiger partial charge on any atom is -0.460 e. The van der Waals surface area contributed by atoms with Gasteiger partial charge in [0.05, 0.1) is 0 Å². The molecule has 0 radical (unpaired) electrons. The van der Waals surface area contributed by atoms with Crippen LogP contribution in [0.2, 0.25) is 0 Å². The second-order valence-electron chi connectivity index (χ2n) is 7.22. The van der Waals surface area contributed by atoms with Crippen LogP contribution in [0.4, 0.5) is 24.7 Å². The summed E-state index contributed by atoms with van der Waals surface area (Å²) in [6, 6.07) is 7.43. The van der Waals surface area contributed by atoms with Crippen molar-refractivity contribution in [2.24, 2.45) is 0 Å². The van der Waals surface area contributed by atoms with E-state index in [1.54, 1.807) is 19.2 Å². The monoisotopic (exact) mass is 379 g/mol. The predicted octanol–water partition coefficient (Wildman–Crippen LogP) is 5.71. The quantitative estimate of drug-likeness (QED) is 0.667. The summed E-state index contributed by atoms with van der Waals surface area (Å²) in [5.74, 6) is 0.142. The SMILES string of the molecule is CC(C)c1ccc(N(C)c2nc(OC3CCCC3)ncc2C(F)(F)F)cc1. The molecule has 1 heterocycles. The van der Waals surface area contributed by atoms with Gasteiger partial charge in [0.25, 0.3) is 0 Å². The van der Waals surface area contributed by atoms with Crippen LogP contribution >= 0.6 is 0 Å². The summed E-state index contributed by atoms with van der Waals surface area (Å²) >= 11 is 0. The first-order chi connectivity index (χ1) is 12.8. The molecule has 0 aliphatic heterocycles. The third-order valence-corrected chi connectivity index (χ3v) is 4.89. The van der Waals surface area contributed by atoms with Crippen molar-refractivity contribution in [2.75, 3.05) is 11.9 Å². The zero-order valence-corrected chi connectivity index (χ0v) is 15.8. The molecule has 0 saturated heterocycles. The number of ether oxygens (including phenoxy) is 1. The highest BCUT2D eigenvalue weighted by Crippen LogP contribution is 2.38. The van der Waals surface area contributed by atoms with E-state index in [2.05, 4.69) is 23.8 Å². The number of hydrogen-bond donors (Lipinski definition) is 0. The molecule has 1 fully saturated rings. The molecular formula is C20H24F3N3O. The lowest BCUT2D eigenvalue weighted by molar-refractivity contribution is -0.137. The van der Waals surface area contributed by atoms with E-state index in [-0.39, 0.29) is 17.9 Å². The lowest BCUT2D eigenvalue weighted by Gasteiger charge is -2.23. The van der Waals surface area contributed by atoms with Gasteiger partial charge in [0.1, 0.15) is 11.7 Å². The highest BCUT2D eigenvalue weighted by Gasteiger charge is 2.37. The van der Waals surface area contributed by atoms with Crippen LogP contribution in [0.5, 0.6) is 6.01 Å². The molecule has 2 aromatic rings. The summed E-state index contributed by atoms with van der Waals surface area (Å²) in [5.41, 5.74) is 0.864. The second-order valence-corrected chi connectivity index (χ2v) is 7.22. The molecule has 1 aromatic carbocycles. The van der Waals surface area contributed by atoms with Crippen molar-refractivity contribution in [2.45, 2.75) is 57.7 Å². The molecule has 4 nitrogen and oxygen atoms in total. The first-order valence-corrected chi connectivity index (χ1v) is 9.20. The van der Waals surface area contributed by atoms with E-state index in [1.165, 1.54) is 4.90 Å². The zero-order chi connectivity index (χ0) is 19.6. The average Bonchev–Trinajstić information content (AvgIpc) is 3.13. The van der Waals surface area contributed by atoms with Crippen molar-refractivity contribution in [1.29, 1.82) is 0 Å². The topological polar surface area (TPSA) is 38.2 Å². The summed E-state index contributed by atoms with van der Waals surface area (Å²) in [7, 11) is 1.57. The maximum atomic E-state index is 13.5. The maximum Gasteiger partial charge on any atom is 0.421 e. The summed E-state index contributed by atoms with van der Waals surface area (Å²) in [4.78, 5) is 9.34. The first-order valence-electron chi connectivity index (χ1n) is 9.20. The average molecular weight is 379 g/mol. The smallest absolute Gasteiger partial charge is 0.421 e. The van der Waals surface area contributed by atoms with E-state index >= 15 is 0 Å². The highest BCUT2D eigenvalue weighted by molar-refractivity contribution is 5.63. The Balaban J connectivity index is 1.94. The fraction of sp³-hybridized carbons (Fsp3) is 0.500. The molecule has 0 unspecified atom stereocenters. The largest absolute Gasteiger partial charge is 0.460 e. The van der Waals surface area contributed by atoms with E-state index in [0.29, 0.717) is 11.6 Å². The summed E-state index contributed by atoms with van der Waals surface area (Å²) in [6.07, 6.45) is 0.114. The van der Waals surface area contributed by atoms with Gasteiger partial charge in [-0.1, -0.05) is 26.0 Å². The number of halogens is 3. The van der Waals surface area contributed by atoms with E-state index in [0.717, 1.165) is 37.4 Å². The van der Waals surface area contributed by atoms with Gasteiger partial charge in [-0.25, -0.2) is 4.98 Å². The van der Waals surface area contributed by atoms with Gasteiger partial charge in [-0.15, -0.1) is 0 Å².